The Morgan fingerprint density at radius 1 is 1.20 bits per heavy atom. The van der Waals surface area contributed by atoms with Gasteiger partial charge < -0.3 is 11.1 Å². The van der Waals surface area contributed by atoms with Gasteiger partial charge in [-0.15, -0.1) is 0 Å². The zero-order valence-electron chi connectivity index (χ0n) is 16.4. The van der Waals surface area contributed by atoms with Crippen molar-refractivity contribution in [3.8, 4) is 17.2 Å². The standard InChI is InChI=1S/C20H21N9O/c1-14(21)19-26-18(15-6-3-2-4-7-15)27-28(19)11-17(30)24-10-16-8-5-9-23-20(16)29-13-22-12-25-29/h2-9,12-14H,10-11,21H2,1H3,(H,24,30)/t14-/m0/s1. The minimum absolute atomic E-state index is 0.00955. The third-order valence-corrected chi connectivity index (χ3v) is 4.41. The lowest BCUT2D eigenvalue weighted by molar-refractivity contribution is -0.122. The quantitative estimate of drug-likeness (QED) is 0.475. The molecule has 10 heteroatoms. The van der Waals surface area contributed by atoms with Gasteiger partial charge >= 0.3 is 0 Å². The van der Waals surface area contributed by atoms with E-state index in [1.807, 2.05) is 43.3 Å². The van der Waals surface area contributed by atoms with Gasteiger partial charge in [0.2, 0.25) is 5.91 Å². The second-order valence-corrected chi connectivity index (χ2v) is 6.71. The van der Waals surface area contributed by atoms with Crippen LogP contribution in [-0.4, -0.2) is 40.4 Å². The van der Waals surface area contributed by atoms with Crippen LogP contribution < -0.4 is 11.1 Å². The van der Waals surface area contributed by atoms with Gasteiger partial charge in [-0.25, -0.2) is 24.3 Å². The summed E-state index contributed by atoms with van der Waals surface area (Å²) in [5, 5.41) is 11.5. The SMILES string of the molecule is C[C@H](N)c1nc(-c2ccccc2)nn1CC(=O)NCc1cccnc1-n1cncn1. The summed E-state index contributed by atoms with van der Waals surface area (Å²) in [5.41, 5.74) is 7.72. The summed E-state index contributed by atoms with van der Waals surface area (Å²) >= 11 is 0. The van der Waals surface area contributed by atoms with Crippen LogP contribution in [0.15, 0.2) is 61.3 Å². The molecular weight excluding hydrogens is 382 g/mol. The molecule has 3 heterocycles. The van der Waals surface area contributed by atoms with E-state index < -0.39 is 0 Å². The van der Waals surface area contributed by atoms with Gasteiger partial charge in [-0.3, -0.25) is 4.79 Å². The molecule has 1 atom stereocenters. The fourth-order valence-electron chi connectivity index (χ4n) is 2.99. The van der Waals surface area contributed by atoms with E-state index in [9.17, 15) is 4.79 Å². The van der Waals surface area contributed by atoms with Crippen LogP contribution in [-0.2, 0) is 17.9 Å². The number of nitrogens with two attached hydrogens (primary N) is 1. The number of carbonyl (C=O) groups is 1. The molecule has 0 bridgehead atoms. The molecule has 4 rings (SSSR count). The van der Waals surface area contributed by atoms with E-state index in [4.69, 9.17) is 5.73 Å². The Labute approximate surface area is 172 Å². The molecule has 152 valence electrons. The maximum atomic E-state index is 12.6. The van der Waals surface area contributed by atoms with Crippen LogP contribution in [0.1, 0.15) is 24.4 Å². The van der Waals surface area contributed by atoms with Crippen molar-refractivity contribution in [1.82, 2.24) is 39.8 Å². The van der Waals surface area contributed by atoms with Crippen LogP contribution in [0.3, 0.4) is 0 Å². The Morgan fingerprint density at radius 3 is 2.77 bits per heavy atom. The van der Waals surface area contributed by atoms with Crippen molar-refractivity contribution < 1.29 is 4.79 Å². The van der Waals surface area contributed by atoms with Crippen molar-refractivity contribution in [1.29, 1.82) is 0 Å². The highest BCUT2D eigenvalue weighted by molar-refractivity contribution is 5.75. The third-order valence-electron chi connectivity index (χ3n) is 4.41. The van der Waals surface area contributed by atoms with Crippen LogP contribution in [0.4, 0.5) is 0 Å². The van der Waals surface area contributed by atoms with Crippen LogP contribution >= 0.6 is 0 Å². The fourth-order valence-corrected chi connectivity index (χ4v) is 2.99. The first-order chi connectivity index (χ1) is 14.6. The number of hydrogen-bond acceptors (Lipinski definition) is 7. The average molecular weight is 403 g/mol. The Kier molecular flexibility index (Phi) is 5.57. The predicted molar refractivity (Wildman–Crippen MR) is 109 cm³/mol. The van der Waals surface area contributed by atoms with Crippen LogP contribution in [0, 0.1) is 0 Å². The molecule has 0 saturated carbocycles. The highest BCUT2D eigenvalue weighted by Gasteiger charge is 2.17. The largest absolute Gasteiger partial charge is 0.350 e. The summed E-state index contributed by atoms with van der Waals surface area (Å²) in [6, 6.07) is 12.9. The zero-order chi connectivity index (χ0) is 20.9. The number of hydrogen-bond donors (Lipinski definition) is 2. The molecule has 4 aromatic rings. The Morgan fingerprint density at radius 2 is 2.03 bits per heavy atom. The second-order valence-electron chi connectivity index (χ2n) is 6.71. The van der Waals surface area contributed by atoms with E-state index in [1.54, 1.807) is 28.0 Å². The monoisotopic (exact) mass is 403 g/mol. The van der Waals surface area contributed by atoms with E-state index in [-0.39, 0.29) is 25.0 Å². The number of nitrogens with one attached hydrogen (secondary N) is 1. The summed E-state index contributed by atoms with van der Waals surface area (Å²) in [6.45, 7) is 2.11. The Hall–Kier alpha value is -3.92. The predicted octanol–water partition coefficient (Wildman–Crippen LogP) is 1.26. The Bertz CT molecular complexity index is 1120. The van der Waals surface area contributed by atoms with E-state index in [1.165, 1.54) is 6.33 Å². The number of nitrogens with zero attached hydrogens (tertiary/aromatic N) is 7. The van der Waals surface area contributed by atoms with E-state index in [0.29, 0.717) is 17.5 Å². The molecule has 30 heavy (non-hydrogen) atoms. The van der Waals surface area contributed by atoms with Crippen LogP contribution in [0.2, 0.25) is 0 Å². The van der Waals surface area contributed by atoms with Crippen molar-refractivity contribution >= 4 is 5.91 Å². The molecule has 0 fully saturated rings. The zero-order valence-corrected chi connectivity index (χ0v) is 16.4. The fraction of sp³-hybridized carbons (Fsp3) is 0.200. The molecular formula is C20H21N9O. The molecule has 0 aliphatic carbocycles. The molecule has 0 saturated heterocycles. The normalized spacial score (nSPS) is 11.9. The van der Waals surface area contributed by atoms with E-state index in [0.717, 1.165) is 11.1 Å². The summed E-state index contributed by atoms with van der Waals surface area (Å²) in [4.78, 5) is 25.4. The minimum atomic E-state index is -0.361. The number of benzene rings is 1. The van der Waals surface area contributed by atoms with Gasteiger partial charge in [0, 0.05) is 23.9 Å². The lowest BCUT2D eigenvalue weighted by atomic mass is 10.2. The van der Waals surface area contributed by atoms with Gasteiger partial charge in [-0.1, -0.05) is 36.4 Å². The first-order valence-electron chi connectivity index (χ1n) is 9.43. The molecule has 1 aromatic carbocycles. The maximum Gasteiger partial charge on any atom is 0.242 e. The summed E-state index contributed by atoms with van der Waals surface area (Å²) in [7, 11) is 0. The van der Waals surface area contributed by atoms with Crippen LogP contribution in [0.5, 0.6) is 0 Å². The van der Waals surface area contributed by atoms with Crippen LogP contribution in [0.25, 0.3) is 17.2 Å². The maximum absolute atomic E-state index is 12.6. The van der Waals surface area contributed by atoms with Crippen molar-refractivity contribution in [2.75, 3.05) is 0 Å². The molecule has 0 aliphatic heterocycles. The average Bonchev–Trinajstić information content (AvgIpc) is 3.43. The van der Waals surface area contributed by atoms with Crippen molar-refractivity contribution in [3.05, 3.63) is 72.7 Å². The third kappa shape index (κ3) is 4.23. The van der Waals surface area contributed by atoms with Gasteiger partial charge in [0.1, 0.15) is 25.0 Å². The highest BCUT2D eigenvalue weighted by Crippen LogP contribution is 2.17. The lowest BCUT2D eigenvalue weighted by Crippen LogP contribution is -2.29. The first kappa shape index (κ1) is 19.4. The molecule has 0 radical (unpaired) electrons. The number of pyridine rings is 1. The molecule has 10 nitrogen and oxygen atoms in total. The Balaban J connectivity index is 1.48. The van der Waals surface area contributed by atoms with Gasteiger partial charge in [-0.2, -0.15) is 10.2 Å². The van der Waals surface area contributed by atoms with Gasteiger partial charge in [-0.05, 0) is 13.0 Å². The molecule has 0 unspecified atom stereocenters. The summed E-state index contributed by atoms with van der Waals surface area (Å²) in [6.07, 6.45) is 4.66. The van der Waals surface area contributed by atoms with Gasteiger partial charge in [0.25, 0.3) is 0 Å². The van der Waals surface area contributed by atoms with E-state index in [2.05, 4.69) is 30.5 Å². The van der Waals surface area contributed by atoms with Gasteiger partial charge in [0.15, 0.2) is 11.6 Å². The molecule has 0 spiro atoms. The lowest BCUT2D eigenvalue weighted by Gasteiger charge is -2.11. The van der Waals surface area contributed by atoms with Crippen molar-refractivity contribution in [2.24, 2.45) is 5.73 Å². The van der Waals surface area contributed by atoms with E-state index >= 15 is 0 Å². The summed E-state index contributed by atoms with van der Waals surface area (Å²) < 4.78 is 3.10. The highest BCUT2D eigenvalue weighted by atomic mass is 16.2. The first-order valence-corrected chi connectivity index (χ1v) is 9.43. The van der Waals surface area contributed by atoms with Gasteiger partial charge in [0.05, 0.1) is 6.04 Å². The number of carbonyl (C=O) groups excluding carboxylic acids is 1. The van der Waals surface area contributed by atoms with Crippen molar-refractivity contribution in [2.45, 2.75) is 26.1 Å². The minimum Gasteiger partial charge on any atom is -0.350 e. The smallest absolute Gasteiger partial charge is 0.242 e. The molecule has 3 aromatic heterocycles. The number of aromatic nitrogens is 7. The topological polar surface area (TPSA) is 129 Å². The second kappa shape index (κ2) is 8.62. The molecule has 1 amide bonds. The summed E-state index contributed by atoms with van der Waals surface area (Å²) in [5.74, 6) is 1.48. The van der Waals surface area contributed by atoms with Crippen molar-refractivity contribution in [3.63, 3.8) is 0 Å². The number of rotatable bonds is 7. The number of amides is 1. The molecule has 0 aliphatic rings. The molecule has 3 N–H and O–H groups in total.